The Morgan fingerprint density at radius 3 is 1.56 bits per heavy atom. The molecule has 45 heavy (non-hydrogen) atoms. The number of halogens is 10. The molecule has 0 saturated heterocycles. The van der Waals surface area contributed by atoms with Crippen molar-refractivity contribution in [3.63, 3.8) is 0 Å². The van der Waals surface area contributed by atoms with Gasteiger partial charge in [0.15, 0.2) is 0 Å². The normalized spacial score (nSPS) is 17.5. The van der Waals surface area contributed by atoms with E-state index in [0.717, 1.165) is 37.7 Å². The van der Waals surface area contributed by atoms with Gasteiger partial charge in [-0.05, 0) is 41.9 Å². The largest absolute Gasteiger partial charge is 0.527 e. The second kappa shape index (κ2) is 17.8. The van der Waals surface area contributed by atoms with Crippen molar-refractivity contribution in [3.05, 3.63) is 41.2 Å². The number of rotatable bonds is 20. The topological polar surface area (TPSA) is 18.5 Å². The van der Waals surface area contributed by atoms with Gasteiger partial charge in [-0.2, -0.15) is 17.6 Å². The fourth-order valence-electron chi connectivity index (χ4n) is 4.97. The van der Waals surface area contributed by atoms with Gasteiger partial charge in [0.05, 0.1) is 0 Å². The molecule has 6 unspecified atom stereocenters. The van der Waals surface area contributed by atoms with Crippen LogP contribution in [0.25, 0.3) is 0 Å². The van der Waals surface area contributed by atoms with Gasteiger partial charge >= 0.3 is 18.6 Å². The molecule has 0 amide bonds. The maximum Gasteiger partial charge on any atom is 0.527 e. The third-order valence-corrected chi connectivity index (χ3v) is 8.88. The highest BCUT2D eigenvalue weighted by Crippen LogP contribution is 2.41. The van der Waals surface area contributed by atoms with E-state index in [1.165, 1.54) is 19.3 Å². The molecule has 1 aromatic carbocycles. The Morgan fingerprint density at radius 1 is 0.711 bits per heavy atom. The monoisotopic (exact) mass is 666 g/mol. The lowest BCUT2D eigenvalue weighted by Gasteiger charge is -2.25. The zero-order chi connectivity index (χ0) is 34.8. The molecule has 6 atom stereocenters. The Bertz CT molecular complexity index is 1030. The second-order valence-corrected chi connectivity index (χ2v) is 12.9. The van der Waals surface area contributed by atoms with E-state index in [2.05, 4.69) is 51.0 Å². The Kier molecular flexibility index (Phi) is 16.2. The van der Waals surface area contributed by atoms with E-state index in [1.807, 2.05) is 6.92 Å². The quantitative estimate of drug-likeness (QED) is 0.129. The van der Waals surface area contributed by atoms with Gasteiger partial charge < -0.3 is 4.74 Å². The number of hydrogen-bond acceptors (Lipinski definition) is 2. The molecule has 1 rings (SSSR count). The third kappa shape index (κ3) is 15.4. The molecule has 0 heterocycles. The van der Waals surface area contributed by atoms with Gasteiger partial charge in [-0.15, -0.1) is 13.2 Å². The Balaban J connectivity index is 2.60. The summed E-state index contributed by atoms with van der Waals surface area (Å²) in [5.41, 5.74) is -2.45. The predicted molar refractivity (Wildman–Crippen MR) is 154 cm³/mol. The first kappa shape index (κ1) is 41.0. The van der Waals surface area contributed by atoms with Crippen LogP contribution in [0.3, 0.4) is 0 Å². The average Bonchev–Trinajstić information content (AvgIpc) is 2.88. The lowest BCUT2D eigenvalue weighted by molar-refractivity contribution is -0.432. The molecular weight excluding hydrogens is 618 g/mol. The maximum atomic E-state index is 14.3. The molecule has 0 spiro atoms. The second-order valence-electron chi connectivity index (χ2n) is 12.9. The number of benzene rings is 1. The van der Waals surface area contributed by atoms with Crippen molar-refractivity contribution in [1.29, 1.82) is 0 Å². The summed E-state index contributed by atoms with van der Waals surface area (Å²) in [6, 6.07) is -0.331. The Hall–Kier alpha value is -1.98. The van der Waals surface area contributed by atoms with E-state index in [9.17, 15) is 43.9 Å². The van der Waals surface area contributed by atoms with Crippen LogP contribution in [0.4, 0.5) is 43.9 Å². The summed E-state index contributed by atoms with van der Waals surface area (Å²) in [6.07, 6.45) is -8.71. The molecule has 0 aliphatic heterocycles. The average molecular weight is 667 g/mol. The standard InChI is InChI=1S/C33H48F10O2/c1-8-20(2)9-12-22(4)24(6)14-15-25(7)23(5)13-10-21(3)11-16-26(34)19-31(37,38)44-27-17-28(35)30(29(36)18-27)32(39,40)45-33(41,42)43/h16-18,20-25H,8-15,19H2,1-7H3/b26-16+. The van der Waals surface area contributed by atoms with Crippen LogP contribution in [0, 0.1) is 47.1 Å². The molecule has 0 saturated carbocycles. The molecule has 0 N–H and O–H groups in total. The van der Waals surface area contributed by atoms with Crippen LogP contribution in [0.5, 0.6) is 5.75 Å². The van der Waals surface area contributed by atoms with Gasteiger partial charge in [0.2, 0.25) is 0 Å². The molecule has 0 radical (unpaired) electrons. The minimum Gasteiger partial charge on any atom is -0.432 e. The zero-order valence-electron chi connectivity index (χ0n) is 27.2. The molecule has 0 aliphatic carbocycles. The van der Waals surface area contributed by atoms with Gasteiger partial charge in [0.25, 0.3) is 0 Å². The molecule has 0 aliphatic rings. The fraction of sp³-hybridized carbons (Fsp3) is 0.758. The highest BCUT2D eigenvalue weighted by molar-refractivity contribution is 5.32. The number of hydrogen-bond donors (Lipinski definition) is 0. The third-order valence-electron chi connectivity index (χ3n) is 8.88. The molecule has 0 bridgehead atoms. The summed E-state index contributed by atoms with van der Waals surface area (Å²) in [6.45, 7) is 15.4. The zero-order valence-corrected chi connectivity index (χ0v) is 27.2. The van der Waals surface area contributed by atoms with Crippen molar-refractivity contribution in [2.24, 2.45) is 35.5 Å². The van der Waals surface area contributed by atoms with E-state index in [1.54, 1.807) is 0 Å². The summed E-state index contributed by atoms with van der Waals surface area (Å²) >= 11 is 0. The Labute approximate surface area is 260 Å². The first-order valence-electron chi connectivity index (χ1n) is 15.6. The van der Waals surface area contributed by atoms with Crippen LogP contribution in [0.1, 0.15) is 112 Å². The first-order chi connectivity index (χ1) is 20.6. The lowest BCUT2D eigenvalue weighted by Crippen LogP contribution is -2.30. The number of ether oxygens (including phenoxy) is 2. The van der Waals surface area contributed by atoms with Crippen LogP contribution in [-0.2, 0) is 10.8 Å². The Morgan fingerprint density at radius 2 is 1.13 bits per heavy atom. The predicted octanol–water partition coefficient (Wildman–Crippen LogP) is 12.7. The lowest BCUT2D eigenvalue weighted by atomic mass is 9.80. The smallest absolute Gasteiger partial charge is 0.432 e. The molecular formula is C33H48F10O2. The molecule has 12 heteroatoms. The van der Waals surface area contributed by atoms with E-state index in [0.29, 0.717) is 23.7 Å². The van der Waals surface area contributed by atoms with Crippen LogP contribution < -0.4 is 4.74 Å². The van der Waals surface area contributed by atoms with Crippen molar-refractivity contribution in [3.8, 4) is 5.75 Å². The first-order valence-corrected chi connectivity index (χ1v) is 15.6. The van der Waals surface area contributed by atoms with Crippen molar-refractivity contribution in [2.45, 2.75) is 125 Å². The molecule has 0 aromatic heterocycles. The minimum atomic E-state index is -5.95. The van der Waals surface area contributed by atoms with Gasteiger partial charge in [-0.3, -0.25) is 0 Å². The molecule has 0 fully saturated rings. The number of allylic oxidation sites excluding steroid dienone is 1. The van der Waals surface area contributed by atoms with Gasteiger partial charge in [0, 0.05) is 12.1 Å². The van der Waals surface area contributed by atoms with Gasteiger partial charge in [-0.25, -0.2) is 17.9 Å². The summed E-state index contributed by atoms with van der Waals surface area (Å²) in [5.74, 6) is -4.29. The van der Waals surface area contributed by atoms with Crippen LogP contribution in [-0.4, -0.2) is 12.5 Å². The molecule has 1 aromatic rings. The minimum absolute atomic E-state index is 0.0178. The van der Waals surface area contributed by atoms with Gasteiger partial charge in [-0.1, -0.05) is 99.5 Å². The number of alkyl halides is 7. The fourth-order valence-corrected chi connectivity index (χ4v) is 4.97. The molecule has 262 valence electrons. The van der Waals surface area contributed by atoms with Crippen molar-refractivity contribution in [1.82, 2.24) is 0 Å². The van der Waals surface area contributed by atoms with E-state index in [4.69, 9.17) is 0 Å². The molecule has 2 nitrogen and oxygen atoms in total. The van der Waals surface area contributed by atoms with Crippen LogP contribution in [0.2, 0.25) is 0 Å². The van der Waals surface area contributed by atoms with Gasteiger partial charge in [0.1, 0.15) is 35.2 Å². The summed E-state index contributed by atoms with van der Waals surface area (Å²) in [5, 5.41) is 0. The SMILES string of the molecule is CCC(C)CCC(C)C(C)CCC(C)C(C)CCC(C)C/C=C(/F)CC(F)(F)Oc1cc(F)c(C(F)(F)OC(F)(F)F)c(F)c1. The summed E-state index contributed by atoms with van der Waals surface area (Å²) < 4.78 is 141. The van der Waals surface area contributed by atoms with Crippen molar-refractivity contribution < 1.29 is 53.4 Å². The highest BCUT2D eigenvalue weighted by Gasteiger charge is 2.49. The highest BCUT2D eigenvalue weighted by atomic mass is 19.4. The maximum absolute atomic E-state index is 14.3. The van der Waals surface area contributed by atoms with Crippen molar-refractivity contribution in [2.75, 3.05) is 0 Å². The van der Waals surface area contributed by atoms with Crippen LogP contribution >= 0.6 is 0 Å². The van der Waals surface area contributed by atoms with Crippen molar-refractivity contribution >= 4 is 0 Å². The summed E-state index contributed by atoms with van der Waals surface area (Å²) in [4.78, 5) is 0. The van der Waals surface area contributed by atoms with E-state index < -0.39 is 53.8 Å². The van der Waals surface area contributed by atoms with E-state index >= 15 is 0 Å². The van der Waals surface area contributed by atoms with E-state index in [-0.39, 0.29) is 24.5 Å². The summed E-state index contributed by atoms with van der Waals surface area (Å²) in [7, 11) is 0. The van der Waals surface area contributed by atoms with Crippen LogP contribution in [0.15, 0.2) is 24.0 Å².